The van der Waals surface area contributed by atoms with Crippen LogP contribution >= 0.6 is 0 Å². The van der Waals surface area contributed by atoms with Gasteiger partial charge < -0.3 is 9.63 Å². The van der Waals surface area contributed by atoms with Gasteiger partial charge in [0.2, 0.25) is 5.89 Å². The van der Waals surface area contributed by atoms with E-state index in [1.54, 1.807) is 0 Å². The minimum Gasteiger partial charge on any atom is -0.395 e. The molecule has 3 heterocycles. The quantitative estimate of drug-likeness (QED) is 0.824. The summed E-state index contributed by atoms with van der Waals surface area (Å²) in [5.74, 6) is 2.11. The summed E-state index contributed by atoms with van der Waals surface area (Å²) >= 11 is 0. The molecule has 0 aromatic carbocycles. The number of aliphatic hydroxyl groups is 1. The lowest BCUT2D eigenvalue weighted by molar-refractivity contribution is 0.115. The largest absolute Gasteiger partial charge is 0.395 e. The third-order valence-corrected chi connectivity index (χ3v) is 5.09. The summed E-state index contributed by atoms with van der Waals surface area (Å²) in [7, 11) is 0. The van der Waals surface area contributed by atoms with Crippen molar-refractivity contribution in [3.63, 3.8) is 0 Å². The number of hydrogen-bond acceptors (Lipinski definition) is 6. The highest BCUT2D eigenvalue weighted by atomic mass is 16.5. The highest BCUT2D eigenvalue weighted by Gasteiger charge is 2.31. The van der Waals surface area contributed by atoms with Crippen LogP contribution in [0.3, 0.4) is 0 Å². The van der Waals surface area contributed by atoms with E-state index in [1.807, 2.05) is 0 Å². The minimum absolute atomic E-state index is 0.287. The molecule has 2 aliphatic rings. The van der Waals surface area contributed by atoms with E-state index < -0.39 is 0 Å². The molecule has 130 valence electrons. The molecule has 2 fully saturated rings. The second kappa shape index (κ2) is 7.73. The molecule has 2 saturated heterocycles. The average molecular weight is 322 g/mol. The van der Waals surface area contributed by atoms with Gasteiger partial charge in [0, 0.05) is 25.0 Å². The zero-order valence-corrected chi connectivity index (χ0v) is 14.4. The zero-order valence-electron chi connectivity index (χ0n) is 14.4. The molecule has 0 aliphatic carbocycles. The molecule has 0 amide bonds. The van der Waals surface area contributed by atoms with E-state index in [-0.39, 0.29) is 6.61 Å². The molecule has 1 aromatic rings. The van der Waals surface area contributed by atoms with Crippen molar-refractivity contribution in [2.24, 2.45) is 5.92 Å². The van der Waals surface area contributed by atoms with E-state index in [9.17, 15) is 5.11 Å². The lowest BCUT2D eigenvalue weighted by Crippen LogP contribution is -2.43. The molecule has 0 radical (unpaired) electrons. The Kier molecular flexibility index (Phi) is 5.67. The maximum Gasteiger partial charge on any atom is 0.240 e. The van der Waals surface area contributed by atoms with Gasteiger partial charge in [0.15, 0.2) is 5.82 Å². The molecule has 1 N–H and O–H groups in total. The molecular weight excluding hydrogens is 292 g/mol. The first kappa shape index (κ1) is 16.9. The van der Waals surface area contributed by atoms with Crippen molar-refractivity contribution >= 4 is 0 Å². The van der Waals surface area contributed by atoms with Crippen LogP contribution in [0.5, 0.6) is 0 Å². The average Bonchev–Trinajstić information content (AvgIpc) is 3.22. The van der Waals surface area contributed by atoms with Crippen LogP contribution in [-0.2, 0) is 13.0 Å². The fourth-order valence-corrected chi connectivity index (χ4v) is 3.90. The molecule has 2 atom stereocenters. The third kappa shape index (κ3) is 4.31. The fourth-order valence-electron chi connectivity index (χ4n) is 3.90. The summed E-state index contributed by atoms with van der Waals surface area (Å²) in [6, 6.07) is 0.904. The van der Waals surface area contributed by atoms with Crippen molar-refractivity contribution in [1.82, 2.24) is 19.9 Å². The van der Waals surface area contributed by atoms with Gasteiger partial charge in [0.1, 0.15) is 0 Å². The molecule has 3 rings (SSSR count). The lowest BCUT2D eigenvalue weighted by atomic mass is 10.1. The molecule has 0 spiro atoms. The van der Waals surface area contributed by atoms with Gasteiger partial charge in [-0.1, -0.05) is 19.0 Å². The van der Waals surface area contributed by atoms with Gasteiger partial charge in [-0.3, -0.25) is 9.80 Å². The smallest absolute Gasteiger partial charge is 0.240 e. The van der Waals surface area contributed by atoms with Gasteiger partial charge in [-0.25, -0.2) is 0 Å². The van der Waals surface area contributed by atoms with Crippen molar-refractivity contribution in [2.45, 2.75) is 64.6 Å². The van der Waals surface area contributed by atoms with Crippen LogP contribution in [-0.4, -0.2) is 63.4 Å². The van der Waals surface area contributed by atoms with E-state index in [0.717, 1.165) is 50.7 Å². The third-order valence-electron chi connectivity index (χ3n) is 5.09. The Morgan fingerprint density at radius 1 is 1.17 bits per heavy atom. The van der Waals surface area contributed by atoms with Gasteiger partial charge in [-0.05, 0) is 44.7 Å². The van der Waals surface area contributed by atoms with Gasteiger partial charge in [-0.15, -0.1) is 0 Å². The predicted molar refractivity (Wildman–Crippen MR) is 88.0 cm³/mol. The first-order valence-corrected chi connectivity index (χ1v) is 9.06. The summed E-state index contributed by atoms with van der Waals surface area (Å²) in [5, 5.41) is 13.6. The first-order valence-electron chi connectivity index (χ1n) is 9.06. The Hall–Kier alpha value is -0.980. The molecule has 2 aliphatic heterocycles. The standard InChI is InChI=1S/C17H30N4O2/c1-13(2)9-16-18-17(23-19-16)11-21-8-3-5-14(21)10-20-7-4-6-15(20)12-22/h13-15,22H,3-12H2,1-2H3/t14-,15+/m0/s1. The molecule has 0 unspecified atom stereocenters. The molecule has 6 nitrogen and oxygen atoms in total. The highest BCUT2D eigenvalue weighted by Crippen LogP contribution is 2.24. The molecule has 0 bridgehead atoms. The second-order valence-electron chi connectivity index (χ2n) is 7.44. The monoisotopic (exact) mass is 322 g/mol. The Morgan fingerprint density at radius 2 is 1.91 bits per heavy atom. The Morgan fingerprint density at radius 3 is 2.65 bits per heavy atom. The van der Waals surface area contributed by atoms with Crippen molar-refractivity contribution in [1.29, 1.82) is 0 Å². The normalized spacial score (nSPS) is 26.6. The summed E-state index contributed by atoms with van der Waals surface area (Å²) in [6.07, 6.45) is 5.67. The topological polar surface area (TPSA) is 65.6 Å². The maximum atomic E-state index is 9.50. The number of aliphatic hydroxyl groups excluding tert-OH is 1. The van der Waals surface area contributed by atoms with Crippen molar-refractivity contribution in [3.05, 3.63) is 11.7 Å². The first-order chi connectivity index (χ1) is 11.2. The number of rotatable bonds is 7. The summed E-state index contributed by atoms with van der Waals surface area (Å²) in [5.41, 5.74) is 0. The van der Waals surface area contributed by atoms with Gasteiger partial charge in [0.05, 0.1) is 13.2 Å². The maximum absolute atomic E-state index is 9.50. The Bertz CT molecular complexity index is 491. The van der Waals surface area contributed by atoms with Crippen LogP contribution < -0.4 is 0 Å². The van der Waals surface area contributed by atoms with Crippen LogP contribution in [0.1, 0.15) is 51.2 Å². The van der Waals surface area contributed by atoms with Crippen molar-refractivity contribution in [3.8, 4) is 0 Å². The van der Waals surface area contributed by atoms with Gasteiger partial charge in [-0.2, -0.15) is 4.98 Å². The number of hydrogen-bond donors (Lipinski definition) is 1. The van der Waals surface area contributed by atoms with Gasteiger partial charge >= 0.3 is 0 Å². The van der Waals surface area contributed by atoms with Crippen molar-refractivity contribution in [2.75, 3.05) is 26.2 Å². The summed E-state index contributed by atoms with van der Waals surface area (Å²) in [6.45, 7) is 8.65. The molecule has 23 heavy (non-hydrogen) atoms. The Labute approximate surface area is 138 Å². The van der Waals surface area contributed by atoms with Crippen LogP contribution in [0.25, 0.3) is 0 Å². The highest BCUT2D eigenvalue weighted by molar-refractivity contribution is 4.92. The molecule has 0 saturated carbocycles. The van der Waals surface area contributed by atoms with Crippen LogP contribution in [0.4, 0.5) is 0 Å². The second-order valence-corrected chi connectivity index (χ2v) is 7.44. The van der Waals surface area contributed by atoms with Crippen molar-refractivity contribution < 1.29 is 9.63 Å². The zero-order chi connectivity index (χ0) is 16.2. The number of likely N-dealkylation sites (tertiary alicyclic amines) is 2. The number of aromatic nitrogens is 2. The molecule has 1 aromatic heterocycles. The van der Waals surface area contributed by atoms with E-state index in [4.69, 9.17) is 4.52 Å². The van der Waals surface area contributed by atoms with E-state index >= 15 is 0 Å². The predicted octanol–water partition coefficient (Wildman–Crippen LogP) is 1.69. The van der Waals surface area contributed by atoms with Crippen LogP contribution in [0, 0.1) is 5.92 Å². The van der Waals surface area contributed by atoms with E-state index in [0.29, 0.717) is 18.0 Å². The minimum atomic E-state index is 0.287. The van der Waals surface area contributed by atoms with Gasteiger partial charge in [0.25, 0.3) is 0 Å². The summed E-state index contributed by atoms with van der Waals surface area (Å²) < 4.78 is 5.43. The Balaban J connectivity index is 1.55. The van der Waals surface area contributed by atoms with E-state index in [1.165, 1.54) is 19.3 Å². The number of nitrogens with zero attached hydrogens (tertiary/aromatic N) is 4. The molecule has 6 heteroatoms. The van der Waals surface area contributed by atoms with E-state index in [2.05, 4.69) is 33.8 Å². The molecular formula is C17H30N4O2. The summed E-state index contributed by atoms with van der Waals surface area (Å²) in [4.78, 5) is 9.47. The fraction of sp³-hybridized carbons (Fsp3) is 0.882. The van der Waals surface area contributed by atoms with Crippen LogP contribution in [0.15, 0.2) is 4.52 Å². The SMILES string of the molecule is CC(C)Cc1noc(CN2CCC[C@H]2CN2CCC[C@@H]2CO)n1. The van der Waals surface area contributed by atoms with Crippen LogP contribution in [0.2, 0.25) is 0 Å². The lowest BCUT2D eigenvalue weighted by Gasteiger charge is -2.30.